The van der Waals surface area contributed by atoms with Crippen LogP contribution < -0.4 is 0 Å². The van der Waals surface area contributed by atoms with Gasteiger partial charge in [0.2, 0.25) is 0 Å². The molecule has 0 nitrogen and oxygen atoms in total. The van der Waals surface area contributed by atoms with Crippen molar-refractivity contribution < 1.29 is 0 Å². The Morgan fingerprint density at radius 2 is 2.44 bits per heavy atom. The van der Waals surface area contributed by atoms with Gasteiger partial charge in [0.25, 0.3) is 0 Å². The fourth-order valence-corrected chi connectivity index (χ4v) is 1.28. The predicted octanol–water partition coefficient (Wildman–Crippen LogP) is 2.92. The maximum atomic E-state index is 3.93. The van der Waals surface area contributed by atoms with Gasteiger partial charge in [0.15, 0.2) is 0 Å². The summed E-state index contributed by atoms with van der Waals surface area (Å²) >= 11 is 0. The van der Waals surface area contributed by atoms with Crippen molar-refractivity contribution in [3.05, 3.63) is 23.8 Å². The monoisotopic (exact) mass is 122 g/mol. The van der Waals surface area contributed by atoms with Crippen LogP contribution in [0.2, 0.25) is 0 Å². The Labute approximate surface area is 57.3 Å². The molecule has 1 aliphatic rings. The zero-order chi connectivity index (χ0) is 6.85. The van der Waals surface area contributed by atoms with Crippen molar-refractivity contribution in [2.45, 2.75) is 26.7 Å². The van der Waals surface area contributed by atoms with Crippen LogP contribution in [-0.2, 0) is 0 Å². The highest BCUT2D eigenvalue weighted by molar-refractivity contribution is 5.17. The van der Waals surface area contributed by atoms with Gasteiger partial charge in [0.05, 0.1) is 0 Å². The Balaban J connectivity index is 2.57. The first kappa shape index (κ1) is 6.60. The average molecular weight is 122 g/mol. The van der Waals surface area contributed by atoms with E-state index in [1.807, 2.05) is 0 Å². The number of allylic oxidation sites excluding steroid dienone is 3. The molecule has 0 aliphatic heterocycles. The molecule has 0 radical (unpaired) electrons. The van der Waals surface area contributed by atoms with Crippen molar-refractivity contribution >= 4 is 0 Å². The van der Waals surface area contributed by atoms with E-state index in [1.54, 1.807) is 0 Å². The van der Waals surface area contributed by atoms with Gasteiger partial charge in [-0.25, -0.2) is 0 Å². The lowest BCUT2D eigenvalue weighted by molar-refractivity contribution is 0.727. The van der Waals surface area contributed by atoms with Crippen molar-refractivity contribution in [2.75, 3.05) is 0 Å². The summed E-state index contributed by atoms with van der Waals surface area (Å²) in [6.45, 7) is 8.24. The first-order chi connectivity index (χ1) is 4.20. The Bertz CT molecular complexity index is 151. The van der Waals surface area contributed by atoms with E-state index in [9.17, 15) is 0 Å². The molecule has 1 atom stereocenters. The van der Waals surface area contributed by atoms with E-state index in [1.165, 1.54) is 24.0 Å². The molecule has 0 amide bonds. The molecule has 50 valence electrons. The molecule has 0 heteroatoms. The Kier molecular flexibility index (Phi) is 1.75. The van der Waals surface area contributed by atoms with Crippen molar-refractivity contribution in [2.24, 2.45) is 5.92 Å². The molecule has 0 aromatic carbocycles. The molecule has 0 bridgehead atoms. The van der Waals surface area contributed by atoms with Gasteiger partial charge in [-0.15, -0.1) is 0 Å². The van der Waals surface area contributed by atoms with Crippen LogP contribution in [0.25, 0.3) is 0 Å². The highest BCUT2D eigenvalue weighted by Crippen LogP contribution is 2.27. The summed E-state index contributed by atoms with van der Waals surface area (Å²) in [4.78, 5) is 0. The van der Waals surface area contributed by atoms with Gasteiger partial charge in [-0.05, 0) is 32.6 Å². The van der Waals surface area contributed by atoms with Crippen LogP contribution in [0.15, 0.2) is 23.8 Å². The van der Waals surface area contributed by atoms with Crippen molar-refractivity contribution in [3.63, 3.8) is 0 Å². The van der Waals surface area contributed by atoms with Crippen LogP contribution in [0.3, 0.4) is 0 Å². The molecule has 0 N–H and O–H groups in total. The third kappa shape index (κ3) is 1.44. The second kappa shape index (κ2) is 2.38. The molecule has 0 aromatic heterocycles. The van der Waals surface area contributed by atoms with Crippen LogP contribution >= 0.6 is 0 Å². The molecule has 1 rings (SSSR count). The van der Waals surface area contributed by atoms with Crippen LogP contribution in [0.4, 0.5) is 0 Å². The number of hydrogen-bond acceptors (Lipinski definition) is 0. The van der Waals surface area contributed by atoms with Crippen molar-refractivity contribution in [3.8, 4) is 0 Å². The summed E-state index contributed by atoms with van der Waals surface area (Å²) in [6, 6.07) is 0. The maximum absolute atomic E-state index is 3.93. The lowest BCUT2D eigenvalue weighted by Gasteiger charge is -2.03. The lowest BCUT2D eigenvalue weighted by Crippen LogP contribution is -1.89. The van der Waals surface area contributed by atoms with Gasteiger partial charge < -0.3 is 0 Å². The third-order valence-electron chi connectivity index (χ3n) is 1.97. The van der Waals surface area contributed by atoms with Gasteiger partial charge in [-0.3, -0.25) is 0 Å². The topological polar surface area (TPSA) is 0 Å². The van der Waals surface area contributed by atoms with E-state index < -0.39 is 0 Å². The minimum absolute atomic E-state index is 0.685. The van der Waals surface area contributed by atoms with E-state index in [2.05, 4.69) is 26.5 Å². The first-order valence-corrected chi connectivity index (χ1v) is 3.53. The predicted molar refractivity (Wildman–Crippen MR) is 41.3 cm³/mol. The quantitative estimate of drug-likeness (QED) is 0.469. The van der Waals surface area contributed by atoms with E-state index in [0.717, 1.165) is 0 Å². The Morgan fingerprint density at radius 1 is 1.78 bits per heavy atom. The SMILES string of the molecule is C=C(C)C1C=C(C)CC1. The fourth-order valence-electron chi connectivity index (χ4n) is 1.28. The molecule has 0 heterocycles. The largest absolute Gasteiger partial charge is 0.0995 e. The lowest BCUT2D eigenvalue weighted by atomic mass is 10.0. The van der Waals surface area contributed by atoms with Crippen molar-refractivity contribution in [1.29, 1.82) is 0 Å². The summed E-state index contributed by atoms with van der Waals surface area (Å²) in [7, 11) is 0. The molecule has 0 saturated heterocycles. The molecule has 1 unspecified atom stereocenters. The molecule has 0 spiro atoms. The highest BCUT2D eigenvalue weighted by atomic mass is 14.2. The summed E-state index contributed by atoms with van der Waals surface area (Å²) in [5.41, 5.74) is 2.84. The zero-order valence-corrected chi connectivity index (χ0v) is 6.28. The van der Waals surface area contributed by atoms with E-state index in [0.29, 0.717) is 5.92 Å². The Hall–Kier alpha value is -0.520. The molecular formula is C9H14. The first-order valence-electron chi connectivity index (χ1n) is 3.53. The minimum atomic E-state index is 0.685. The molecular weight excluding hydrogens is 108 g/mol. The molecule has 9 heavy (non-hydrogen) atoms. The number of rotatable bonds is 1. The highest BCUT2D eigenvalue weighted by Gasteiger charge is 2.12. The normalized spacial score (nSPS) is 26.0. The Morgan fingerprint density at radius 3 is 2.67 bits per heavy atom. The number of hydrogen-bond donors (Lipinski definition) is 0. The average Bonchev–Trinajstić information content (AvgIpc) is 2.14. The van der Waals surface area contributed by atoms with E-state index in [-0.39, 0.29) is 0 Å². The van der Waals surface area contributed by atoms with Gasteiger partial charge in [-0.1, -0.05) is 23.8 Å². The minimum Gasteiger partial charge on any atom is -0.0995 e. The van der Waals surface area contributed by atoms with Gasteiger partial charge in [-0.2, -0.15) is 0 Å². The summed E-state index contributed by atoms with van der Waals surface area (Å²) in [6.07, 6.45) is 4.90. The van der Waals surface area contributed by atoms with Crippen LogP contribution in [0, 0.1) is 5.92 Å². The second-order valence-corrected chi connectivity index (χ2v) is 3.00. The molecule has 0 aromatic rings. The third-order valence-corrected chi connectivity index (χ3v) is 1.97. The smallest absolute Gasteiger partial charge is 0.00231 e. The molecule has 0 fully saturated rings. The zero-order valence-electron chi connectivity index (χ0n) is 6.28. The fraction of sp³-hybridized carbons (Fsp3) is 0.556. The van der Waals surface area contributed by atoms with Crippen LogP contribution in [0.1, 0.15) is 26.7 Å². The summed E-state index contributed by atoms with van der Waals surface area (Å²) < 4.78 is 0. The summed E-state index contributed by atoms with van der Waals surface area (Å²) in [5, 5.41) is 0. The van der Waals surface area contributed by atoms with E-state index in [4.69, 9.17) is 0 Å². The van der Waals surface area contributed by atoms with Gasteiger partial charge in [0.1, 0.15) is 0 Å². The second-order valence-electron chi connectivity index (χ2n) is 3.00. The van der Waals surface area contributed by atoms with Crippen molar-refractivity contribution in [1.82, 2.24) is 0 Å². The molecule has 1 aliphatic carbocycles. The van der Waals surface area contributed by atoms with Crippen LogP contribution in [0.5, 0.6) is 0 Å². The van der Waals surface area contributed by atoms with Gasteiger partial charge in [0, 0.05) is 0 Å². The van der Waals surface area contributed by atoms with Crippen LogP contribution in [-0.4, -0.2) is 0 Å². The standard InChI is InChI=1S/C9H14/c1-7(2)9-5-4-8(3)6-9/h6,9H,1,4-5H2,2-3H3. The molecule has 0 saturated carbocycles. The van der Waals surface area contributed by atoms with E-state index >= 15 is 0 Å². The van der Waals surface area contributed by atoms with Gasteiger partial charge >= 0.3 is 0 Å². The summed E-state index contributed by atoms with van der Waals surface area (Å²) in [5.74, 6) is 0.685. The maximum Gasteiger partial charge on any atom is -0.00231 e.